The average molecular weight is 365 g/mol. The Kier molecular flexibility index (Phi) is 6.30. The molecule has 2 heterocycles. The van der Waals surface area contributed by atoms with Gasteiger partial charge in [0.1, 0.15) is 5.76 Å². The molecule has 0 aliphatic rings. The summed E-state index contributed by atoms with van der Waals surface area (Å²) in [6, 6.07) is 14.3. The number of aromatic nitrogens is 2. The van der Waals surface area contributed by atoms with Crippen molar-refractivity contribution in [3.63, 3.8) is 0 Å². The van der Waals surface area contributed by atoms with Crippen molar-refractivity contribution in [1.29, 1.82) is 0 Å². The van der Waals surface area contributed by atoms with Gasteiger partial charge in [0, 0.05) is 37.8 Å². The Labute approximate surface area is 160 Å². The zero-order valence-electron chi connectivity index (χ0n) is 16.2. The first kappa shape index (κ1) is 18.8. The van der Waals surface area contributed by atoms with Crippen LogP contribution in [0.4, 0.5) is 0 Å². The smallest absolute Gasteiger partial charge is 0.191 e. The van der Waals surface area contributed by atoms with E-state index in [1.165, 1.54) is 16.8 Å². The summed E-state index contributed by atoms with van der Waals surface area (Å²) < 4.78 is 7.41. The molecule has 0 amide bonds. The van der Waals surface area contributed by atoms with Crippen LogP contribution in [-0.2, 0) is 19.5 Å². The van der Waals surface area contributed by atoms with Gasteiger partial charge in [0.25, 0.3) is 0 Å². The van der Waals surface area contributed by atoms with Gasteiger partial charge in [-0.2, -0.15) is 5.10 Å². The fourth-order valence-electron chi connectivity index (χ4n) is 3.05. The molecule has 3 aromatic rings. The molecule has 6 heteroatoms. The van der Waals surface area contributed by atoms with Crippen LogP contribution in [0.1, 0.15) is 28.3 Å². The maximum absolute atomic E-state index is 5.35. The van der Waals surface area contributed by atoms with Crippen molar-refractivity contribution in [2.45, 2.75) is 33.4 Å². The predicted octanol–water partition coefficient (Wildman–Crippen LogP) is 3.05. The Morgan fingerprint density at radius 1 is 1.11 bits per heavy atom. The first-order valence-electron chi connectivity index (χ1n) is 9.21. The Hall–Kier alpha value is -3.02. The van der Waals surface area contributed by atoms with Crippen LogP contribution in [0.15, 0.2) is 58.1 Å². The largest absolute Gasteiger partial charge is 0.469 e. The molecule has 2 N–H and O–H groups in total. The highest BCUT2D eigenvalue weighted by atomic mass is 16.3. The zero-order chi connectivity index (χ0) is 19.1. The number of rotatable bonds is 7. The van der Waals surface area contributed by atoms with Gasteiger partial charge in [-0.05, 0) is 31.5 Å². The second-order valence-electron chi connectivity index (χ2n) is 6.47. The molecule has 3 rings (SSSR count). The fourth-order valence-corrected chi connectivity index (χ4v) is 3.05. The standard InChI is InChI=1S/C21H27N5O/c1-16-20(17(2)26(25-16)15-18-8-5-4-6-9-18)14-24-21(22-3)23-12-11-19-10-7-13-27-19/h4-10,13H,11-12,14-15H2,1-3H3,(H2,22,23,24). The average Bonchev–Trinajstić information content (AvgIpc) is 3.28. The first-order chi connectivity index (χ1) is 13.2. The molecule has 27 heavy (non-hydrogen) atoms. The van der Waals surface area contributed by atoms with Gasteiger partial charge in [-0.3, -0.25) is 9.67 Å². The summed E-state index contributed by atoms with van der Waals surface area (Å²) in [5.41, 5.74) is 4.68. The van der Waals surface area contributed by atoms with Gasteiger partial charge in [-0.15, -0.1) is 0 Å². The lowest BCUT2D eigenvalue weighted by molar-refractivity contribution is 0.507. The van der Waals surface area contributed by atoms with Gasteiger partial charge in [0.2, 0.25) is 0 Å². The number of hydrogen-bond donors (Lipinski definition) is 2. The third-order valence-electron chi connectivity index (χ3n) is 4.61. The van der Waals surface area contributed by atoms with Crippen molar-refractivity contribution in [2.75, 3.05) is 13.6 Å². The van der Waals surface area contributed by atoms with Crippen molar-refractivity contribution in [1.82, 2.24) is 20.4 Å². The number of aryl methyl sites for hydroxylation is 1. The molecule has 0 aliphatic carbocycles. The quantitative estimate of drug-likeness (QED) is 0.499. The number of aliphatic imine (C=N–C) groups is 1. The second kappa shape index (κ2) is 9.07. The molecule has 0 saturated heterocycles. The highest BCUT2D eigenvalue weighted by Crippen LogP contribution is 2.14. The molecule has 0 fully saturated rings. The Morgan fingerprint density at radius 3 is 2.63 bits per heavy atom. The molecule has 2 aromatic heterocycles. The minimum atomic E-state index is 0.687. The van der Waals surface area contributed by atoms with Crippen LogP contribution >= 0.6 is 0 Å². The van der Waals surface area contributed by atoms with Crippen LogP contribution in [0.25, 0.3) is 0 Å². The van der Waals surface area contributed by atoms with Crippen molar-refractivity contribution in [3.05, 3.63) is 77.0 Å². The van der Waals surface area contributed by atoms with E-state index in [9.17, 15) is 0 Å². The van der Waals surface area contributed by atoms with Crippen LogP contribution in [0.3, 0.4) is 0 Å². The van der Waals surface area contributed by atoms with Crippen LogP contribution < -0.4 is 10.6 Å². The Morgan fingerprint density at radius 2 is 1.93 bits per heavy atom. The molecular formula is C21H27N5O. The maximum atomic E-state index is 5.35. The monoisotopic (exact) mass is 365 g/mol. The third kappa shape index (κ3) is 5.00. The lowest BCUT2D eigenvalue weighted by Gasteiger charge is -2.12. The summed E-state index contributed by atoms with van der Waals surface area (Å²) in [5.74, 6) is 1.74. The van der Waals surface area contributed by atoms with Crippen molar-refractivity contribution < 1.29 is 4.42 Å². The molecule has 0 spiro atoms. The molecular weight excluding hydrogens is 338 g/mol. The number of guanidine groups is 1. The van der Waals surface area contributed by atoms with Crippen LogP contribution in [0.5, 0.6) is 0 Å². The van der Waals surface area contributed by atoms with E-state index in [1.54, 1.807) is 13.3 Å². The highest BCUT2D eigenvalue weighted by Gasteiger charge is 2.12. The Balaban J connectivity index is 1.56. The predicted molar refractivity (Wildman–Crippen MR) is 108 cm³/mol. The zero-order valence-corrected chi connectivity index (χ0v) is 16.2. The van der Waals surface area contributed by atoms with E-state index in [4.69, 9.17) is 9.52 Å². The molecule has 0 aliphatic heterocycles. The van der Waals surface area contributed by atoms with E-state index < -0.39 is 0 Å². The number of furan rings is 1. The van der Waals surface area contributed by atoms with E-state index in [0.717, 1.165) is 36.9 Å². The van der Waals surface area contributed by atoms with Crippen LogP contribution in [0.2, 0.25) is 0 Å². The molecule has 0 saturated carbocycles. The van der Waals surface area contributed by atoms with Crippen molar-refractivity contribution in [3.8, 4) is 0 Å². The van der Waals surface area contributed by atoms with E-state index in [0.29, 0.717) is 6.54 Å². The van der Waals surface area contributed by atoms with E-state index >= 15 is 0 Å². The van der Waals surface area contributed by atoms with E-state index in [-0.39, 0.29) is 0 Å². The molecule has 1 aromatic carbocycles. The SMILES string of the molecule is CN=C(NCCc1ccco1)NCc1c(C)nn(Cc2ccccc2)c1C. The minimum Gasteiger partial charge on any atom is -0.469 e. The summed E-state index contributed by atoms with van der Waals surface area (Å²) in [7, 11) is 1.78. The van der Waals surface area contributed by atoms with Crippen LogP contribution in [0, 0.1) is 13.8 Å². The highest BCUT2D eigenvalue weighted by molar-refractivity contribution is 5.79. The summed E-state index contributed by atoms with van der Waals surface area (Å²) in [6.07, 6.45) is 2.52. The number of nitrogens with zero attached hydrogens (tertiary/aromatic N) is 3. The van der Waals surface area contributed by atoms with Crippen LogP contribution in [-0.4, -0.2) is 29.3 Å². The molecule has 0 unspecified atom stereocenters. The summed E-state index contributed by atoms with van der Waals surface area (Å²) >= 11 is 0. The summed E-state index contributed by atoms with van der Waals surface area (Å²) in [5, 5.41) is 11.4. The molecule has 0 radical (unpaired) electrons. The maximum Gasteiger partial charge on any atom is 0.191 e. The molecule has 142 valence electrons. The first-order valence-corrected chi connectivity index (χ1v) is 9.21. The third-order valence-corrected chi connectivity index (χ3v) is 4.61. The van der Waals surface area contributed by atoms with Gasteiger partial charge >= 0.3 is 0 Å². The number of benzene rings is 1. The number of nitrogens with one attached hydrogen (secondary N) is 2. The normalized spacial score (nSPS) is 11.6. The van der Waals surface area contributed by atoms with E-state index in [2.05, 4.69) is 58.4 Å². The lowest BCUT2D eigenvalue weighted by atomic mass is 10.2. The van der Waals surface area contributed by atoms with Gasteiger partial charge in [-0.25, -0.2) is 0 Å². The molecule has 6 nitrogen and oxygen atoms in total. The number of hydrogen-bond acceptors (Lipinski definition) is 3. The van der Waals surface area contributed by atoms with Gasteiger partial charge in [0.15, 0.2) is 5.96 Å². The lowest BCUT2D eigenvalue weighted by Crippen LogP contribution is -2.38. The van der Waals surface area contributed by atoms with Gasteiger partial charge in [-0.1, -0.05) is 30.3 Å². The molecule has 0 bridgehead atoms. The summed E-state index contributed by atoms with van der Waals surface area (Å²) in [6.45, 7) is 6.40. The van der Waals surface area contributed by atoms with Gasteiger partial charge in [0.05, 0.1) is 18.5 Å². The molecule has 0 atom stereocenters. The van der Waals surface area contributed by atoms with Gasteiger partial charge < -0.3 is 15.1 Å². The van der Waals surface area contributed by atoms with E-state index in [1.807, 2.05) is 18.2 Å². The van der Waals surface area contributed by atoms with Crippen molar-refractivity contribution in [2.24, 2.45) is 4.99 Å². The fraction of sp³-hybridized carbons (Fsp3) is 0.333. The summed E-state index contributed by atoms with van der Waals surface area (Å²) in [4.78, 5) is 4.29. The second-order valence-corrected chi connectivity index (χ2v) is 6.47. The van der Waals surface area contributed by atoms with Crippen molar-refractivity contribution >= 4 is 5.96 Å². The minimum absolute atomic E-state index is 0.687. The Bertz CT molecular complexity index is 866. The topological polar surface area (TPSA) is 67.4 Å².